The first kappa shape index (κ1) is 13.4. The van der Waals surface area contributed by atoms with Crippen molar-refractivity contribution < 1.29 is 4.74 Å². The lowest BCUT2D eigenvalue weighted by atomic mass is 9.80. The van der Waals surface area contributed by atoms with Gasteiger partial charge in [-0.25, -0.2) is 0 Å². The molecule has 2 rings (SSSR count). The van der Waals surface area contributed by atoms with E-state index in [0.29, 0.717) is 5.41 Å². The summed E-state index contributed by atoms with van der Waals surface area (Å²) in [6.45, 7) is 10.5. The molecule has 0 N–H and O–H groups in total. The molecule has 1 atom stereocenters. The zero-order valence-corrected chi connectivity index (χ0v) is 12.1. The van der Waals surface area contributed by atoms with Gasteiger partial charge in [0, 0.05) is 18.7 Å². The molecule has 2 nitrogen and oxygen atoms in total. The van der Waals surface area contributed by atoms with E-state index in [1.807, 2.05) is 12.1 Å². The molecule has 0 spiro atoms. The van der Waals surface area contributed by atoms with Crippen LogP contribution in [-0.4, -0.2) is 25.1 Å². The molecule has 1 heterocycles. The van der Waals surface area contributed by atoms with E-state index in [9.17, 15) is 0 Å². The van der Waals surface area contributed by atoms with E-state index in [2.05, 4.69) is 37.8 Å². The molecule has 1 aromatic carbocycles. The lowest BCUT2D eigenvalue weighted by Gasteiger charge is -2.27. The van der Waals surface area contributed by atoms with Gasteiger partial charge in [-0.1, -0.05) is 39.0 Å². The molecule has 0 aliphatic carbocycles. The second-order valence-corrected chi connectivity index (χ2v) is 6.40. The number of hydrogen-bond donors (Lipinski definition) is 0. The van der Waals surface area contributed by atoms with Crippen molar-refractivity contribution in [2.24, 2.45) is 11.3 Å². The van der Waals surface area contributed by atoms with Crippen molar-refractivity contribution in [1.29, 1.82) is 0 Å². The lowest BCUT2D eigenvalue weighted by Crippen LogP contribution is -2.25. The van der Waals surface area contributed by atoms with Crippen molar-refractivity contribution in [1.82, 2.24) is 4.90 Å². The Labute approximate surface area is 111 Å². The van der Waals surface area contributed by atoms with Crippen LogP contribution in [0, 0.1) is 11.3 Å². The van der Waals surface area contributed by atoms with Gasteiger partial charge in [0.2, 0.25) is 0 Å². The first-order valence-electron chi connectivity index (χ1n) is 6.85. The van der Waals surface area contributed by atoms with Gasteiger partial charge in [0.05, 0.1) is 7.11 Å². The zero-order chi connectivity index (χ0) is 13.2. The van der Waals surface area contributed by atoms with E-state index in [0.717, 1.165) is 18.2 Å². The van der Waals surface area contributed by atoms with Crippen LogP contribution in [0.5, 0.6) is 5.75 Å². The van der Waals surface area contributed by atoms with Gasteiger partial charge < -0.3 is 4.74 Å². The summed E-state index contributed by atoms with van der Waals surface area (Å²) in [5, 5.41) is 0. The molecule has 1 aliphatic rings. The summed E-state index contributed by atoms with van der Waals surface area (Å²) in [6, 6.07) is 8.34. The van der Waals surface area contributed by atoms with Gasteiger partial charge in [-0.15, -0.1) is 0 Å². The Morgan fingerprint density at radius 3 is 2.61 bits per heavy atom. The van der Waals surface area contributed by atoms with Crippen molar-refractivity contribution in [3.05, 3.63) is 29.8 Å². The van der Waals surface area contributed by atoms with Crippen LogP contribution < -0.4 is 4.74 Å². The molecule has 1 aliphatic heterocycles. The standard InChI is InChI=1S/C16H25NO/c1-16(2,3)14-9-10-17(12-14)11-13-7-5-6-8-15(13)18-4/h5-8,14H,9-12H2,1-4H3. The Hall–Kier alpha value is -1.02. The maximum absolute atomic E-state index is 5.42. The van der Waals surface area contributed by atoms with E-state index < -0.39 is 0 Å². The van der Waals surface area contributed by atoms with E-state index >= 15 is 0 Å². The molecule has 1 unspecified atom stereocenters. The molecule has 0 aromatic heterocycles. The van der Waals surface area contributed by atoms with Gasteiger partial charge in [0.25, 0.3) is 0 Å². The van der Waals surface area contributed by atoms with Crippen molar-refractivity contribution in [3.8, 4) is 5.75 Å². The van der Waals surface area contributed by atoms with Crippen LogP contribution in [0.4, 0.5) is 0 Å². The highest BCUT2D eigenvalue weighted by Crippen LogP contribution is 2.34. The molecule has 0 bridgehead atoms. The van der Waals surface area contributed by atoms with Crippen molar-refractivity contribution in [2.75, 3.05) is 20.2 Å². The van der Waals surface area contributed by atoms with Crippen molar-refractivity contribution in [2.45, 2.75) is 33.7 Å². The smallest absolute Gasteiger partial charge is 0.123 e. The van der Waals surface area contributed by atoms with Crippen LogP contribution in [0.2, 0.25) is 0 Å². The summed E-state index contributed by atoms with van der Waals surface area (Å²) < 4.78 is 5.42. The summed E-state index contributed by atoms with van der Waals surface area (Å²) in [7, 11) is 1.75. The molecule has 1 fully saturated rings. The Kier molecular flexibility index (Phi) is 3.96. The number of methoxy groups -OCH3 is 1. The Balaban J connectivity index is 1.99. The van der Waals surface area contributed by atoms with Crippen LogP contribution in [0.1, 0.15) is 32.8 Å². The van der Waals surface area contributed by atoms with Crippen molar-refractivity contribution >= 4 is 0 Å². The minimum absolute atomic E-state index is 0.426. The van der Waals surface area contributed by atoms with Gasteiger partial charge in [-0.2, -0.15) is 0 Å². The van der Waals surface area contributed by atoms with Crippen LogP contribution in [0.25, 0.3) is 0 Å². The molecule has 0 radical (unpaired) electrons. The largest absolute Gasteiger partial charge is 0.496 e. The fourth-order valence-electron chi connectivity index (χ4n) is 2.76. The predicted molar refractivity (Wildman–Crippen MR) is 75.8 cm³/mol. The number of para-hydroxylation sites is 1. The third kappa shape index (κ3) is 3.05. The fraction of sp³-hybridized carbons (Fsp3) is 0.625. The molecular weight excluding hydrogens is 222 g/mol. The van der Waals surface area contributed by atoms with E-state index in [1.54, 1.807) is 7.11 Å². The summed E-state index contributed by atoms with van der Waals surface area (Å²) in [5.41, 5.74) is 1.73. The number of hydrogen-bond acceptors (Lipinski definition) is 2. The minimum atomic E-state index is 0.426. The number of rotatable bonds is 3. The highest BCUT2D eigenvalue weighted by molar-refractivity contribution is 5.33. The quantitative estimate of drug-likeness (QED) is 0.809. The first-order valence-corrected chi connectivity index (χ1v) is 6.85. The van der Waals surface area contributed by atoms with Crippen LogP contribution in [-0.2, 0) is 6.54 Å². The second-order valence-electron chi connectivity index (χ2n) is 6.40. The number of benzene rings is 1. The molecule has 1 saturated heterocycles. The van der Waals surface area contributed by atoms with Gasteiger partial charge >= 0.3 is 0 Å². The van der Waals surface area contributed by atoms with Gasteiger partial charge in [0.1, 0.15) is 5.75 Å². The zero-order valence-electron chi connectivity index (χ0n) is 12.1. The van der Waals surface area contributed by atoms with Gasteiger partial charge in [0.15, 0.2) is 0 Å². The summed E-state index contributed by atoms with van der Waals surface area (Å²) in [5.74, 6) is 1.82. The summed E-state index contributed by atoms with van der Waals surface area (Å²) in [4.78, 5) is 2.55. The fourth-order valence-corrected chi connectivity index (χ4v) is 2.76. The predicted octanol–water partition coefficient (Wildman–Crippen LogP) is 3.56. The molecule has 0 saturated carbocycles. The molecule has 1 aromatic rings. The maximum Gasteiger partial charge on any atom is 0.123 e. The summed E-state index contributed by atoms with van der Waals surface area (Å²) >= 11 is 0. The molecular formula is C16H25NO. The molecule has 0 amide bonds. The highest BCUT2D eigenvalue weighted by atomic mass is 16.5. The van der Waals surface area contributed by atoms with E-state index in [4.69, 9.17) is 4.74 Å². The van der Waals surface area contributed by atoms with Crippen molar-refractivity contribution in [3.63, 3.8) is 0 Å². The van der Waals surface area contributed by atoms with Crippen LogP contribution >= 0.6 is 0 Å². The van der Waals surface area contributed by atoms with E-state index in [1.165, 1.54) is 25.1 Å². The second kappa shape index (κ2) is 5.31. The highest BCUT2D eigenvalue weighted by Gasteiger charge is 2.31. The summed E-state index contributed by atoms with van der Waals surface area (Å²) in [6.07, 6.45) is 1.32. The number of ether oxygens (including phenoxy) is 1. The van der Waals surface area contributed by atoms with Gasteiger partial charge in [-0.3, -0.25) is 4.90 Å². The maximum atomic E-state index is 5.42. The Bertz CT molecular complexity index is 394. The van der Waals surface area contributed by atoms with E-state index in [-0.39, 0.29) is 0 Å². The monoisotopic (exact) mass is 247 g/mol. The van der Waals surface area contributed by atoms with Crippen LogP contribution in [0.3, 0.4) is 0 Å². The lowest BCUT2D eigenvalue weighted by molar-refractivity contribution is 0.225. The average molecular weight is 247 g/mol. The Morgan fingerprint density at radius 1 is 1.28 bits per heavy atom. The Morgan fingerprint density at radius 2 is 2.00 bits per heavy atom. The third-order valence-electron chi connectivity index (χ3n) is 4.08. The topological polar surface area (TPSA) is 12.5 Å². The number of nitrogens with zero attached hydrogens (tertiary/aromatic N) is 1. The third-order valence-corrected chi connectivity index (χ3v) is 4.08. The first-order chi connectivity index (χ1) is 8.50. The van der Waals surface area contributed by atoms with Crippen LogP contribution in [0.15, 0.2) is 24.3 Å². The molecule has 100 valence electrons. The minimum Gasteiger partial charge on any atom is -0.496 e. The number of likely N-dealkylation sites (tertiary alicyclic amines) is 1. The normalized spacial score (nSPS) is 21.2. The average Bonchev–Trinajstić information content (AvgIpc) is 2.78. The van der Waals surface area contributed by atoms with Gasteiger partial charge in [-0.05, 0) is 30.4 Å². The SMILES string of the molecule is COc1ccccc1CN1CCC(C(C)(C)C)C1. The molecule has 18 heavy (non-hydrogen) atoms. The molecule has 2 heteroatoms.